The van der Waals surface area contributed by atoms with Gasteiger partial charge in [0.2, 0.25) is 5.95 Å². The molecule has 0 spiro atoms. The maximum absolute atomic E-state index is 13.0. The first-order chi connectivity index (χ1) is 14.2. The molecule has 0 saturated carbocycles. The largest absolute Gasteiger partial charge is 0.350 e. The number of aromatic amines is 1. The molecule has 0 aliphatic carbocycles. The standard InChI is InChI=1S/C19H17FN8S/c1-11-2-4-21-13(6-11)10-28-5-3-15-16(14-9-24-27-17(14)28)25-19(29-15)26-18-22-7-12(20)8-23-18/h2,4,6-9H,3,5,10H2,1H3,(H,24,27)(H,22,23,25,26). The second-order valence-electron chi connectivity index (χ2n) is 6.77. The minimum Gasteiger partial charge on any atom is -0.350 e. The second-order valence-corrected chi connectivity index (χ2v) is 7.85. The number of aryl methyl sites for hydroxylation is 1. The Bertz CT molecular complexity index is 1150. The first kappa shape index (κ1) is 17.7. The summed E-state index contributed by atoms with van der Waals surface area (Å²) in [7, 11) is 0. The van der Waals surface area contributed by atoms with Crippen LogP contribution in [0.1, 0.15) is 16.1 Å². The van der Waals surface area contributed by atoms with Crippen molar-refractivity contribution in [2.75, 3.05) is 16.8 Å². The highest BCUT2D eigenvalue weighted by Crippen LogP contribution is 2.39. The number of nitrogens with zero attached hydrogens (tertiary/aromatic N) is 6. The SMILES string of the molecule is Cc1ccnc(CN2CCc3sc(Nc4ncc(F)cn4)nc3-c3cn[nH]c32)c1. The molecule has 0 aromatic carbocycles. The van der Waals surface area contributed by atoms with Crippen molar-refractivity contribution < 1.29 is 4.39 Å². The van der Waals surface area contributed by atoms with Gasteiger partial charge in [0.1, 0.15) is 5.82 Å². The van der Waals surface area contributed by atoms with E-state index in [-0.39, 0.29) is 0 Å². The molecule has 0 atom stereocenters. The lowest BCUT2D eigenvalue weighted by Gasteiger charge is -2.21. The topological polar surface area (TPSA) is 95.5 Å². The van der Waals surface area contributed by atoms with Crippen molar-refractivity contribution in [3.63, 3.8) is 0 Å². The van der Waals surface area contributed by atoms with E-state index in [9.17, 15) is 4.39 Å². The van der Waals surface area contributed by atoms with Crippen molar-refractivity contribution >= 4 is 28.2 Å². The molecule has 4 aromatic rings. The van der Waals surface area contributed by atoms with Crippen LogP contribution in [0.5, 0.6) is 0 Å². The number of rotatable bonds is 4. The van der Waals surface area contributed by atoms with Gasteiger partial charge in [-0.1, -0.05) is 0 Å². The van der Waals surface area contributed by atoms with Crippen LogP contribution in [-0.4, -0.2) is 36.7 Å². The summed E-state index contributed by atoms with van der Waals surface area (Å²) in [6, 6.07) is 4.09. The minimum atomic E-state index is -0.475. The number of fused-ring (bicyclic) bond motifs is 3. The molecule has 0 unspecified atom stereocenters. The molecule has 5 rings (SSSR count). The van der Waals surface area contributed by atoms with E-state index in [1.54, 1.807) is 17.5 Å². The molecule has 2 N–H and O–H groups in total. The molecule has 1 aliphatic rings. The predicted octanol–water partition coefficient (Wildman–Crippen LogP) is 3.47. The lowest BCUT2D eigenvalue weighted by atomic mass is 10.2. The van der Waals surface area contributed by atoms with E-state index in [0.717, 1.165) is 53.0 Å². The van der Waals surface area contributed by atoms with Gasteiger partial charge in [0, 0.05) is 24.0 Å². The zero-order valence-electron chi connectivity index (χ0n) is 15.6. The zero-order chi connectivity index (χ0) is 19.8. The molecule has 0 fully saturated rings. The maximum Gasteiger partial charge on any atom is 0.229 e. The fraction of sp³-hybridized carbons (Fsp3) is 0.211. The van der Waals surface area contributed by atoms with Gasteiger partial charge in [-0.15, -0.1) is 11.3 Å². The Balaban J connectivity index is 1.43. The molecule has 0 amide bonds. The van der Waals surface area contributed by atoms with Crippen molar-refractivity contribution in [3.05, 3.63) is 58.9 Å². The summed E-state index contributed by atoms with van der Waals surface area (Å²) in [5, 5.41) is 11.1. The van der Waals surface area contributed by atoms with Crippen LogP contribution in [0.3, 0.4) is 0 Å². The highest BCUT2D eigenvalue weighted by Gasteiger charge is 2.25. The normalized spacial score (nSPS) is 13.0. The van der Waals surface area contributed by atoms with Crippen LogP contribution in [0.4, 0.5) is 21.3 Å². The number of hydrogen-bond donors (Lipinski definition) is 2. The molecule has 4 aromatic heterocycles. The molecule has 29 heavy (non-hydrogen) atoms. The summed E-state index contributed by atoms with van der Waals surface area (Å²) in [6.45, 7) is 3.57. The van der Waals surface area contributed by atoms with Crippen LogP contribution in [0.2, 0.25) is 0 Å². The van der Waals surface area contributed by atoms with E-state index in [0.29, 0.717) is 17.6 Å². The number of H-pyrrole nitrogens is 1. The number of halogens is 1. The first-order valence-corrected chi connectivity index (χ1v) is 9.92. The number of aromatic nitrogens is 6. The average Bonchev–Trinajstić information content (AvgIpc) is 3.31. The molecule has 10 heteroatoms. The molecular formula is C19H17FN8S. The highest BCUT2D eigenvalue weighted by molar-refractivity contribution is 7.16. The van der Waals surface area contributed by atoms with Crippen LogP contribution in [-0.2, 0) is 13.0 Å². The average molecular weight is 408 g/mol. The van der Waals surface area contributed by atoms with Gasteiger partial charge in [0.05, 0.1) is 42.1 Å². The number of hydrogen-bond acceptors (Lipinski definition) is 8. The van der Waals surface area contributed by atoms with E-state index < -0.39 is 5.82 Å². The van der Waals surface area contributed by atoms with Crippen LogP contribution >= 0.6 is 11.3 Å². The van der Waals surface area contributed by atoms with Crippen molar-refractivity contribution in [1.82, 2.24) is 30.1 Å². The van der Waals surface area contributed by atoms with Gasteiger partial charge >= 0.3 is 0 Å². The first-order valence-electron chi connectivity index (χ1n) is 9.10. The van der Waals surface area contributed by atoms with Gasteiger partial charge in [-0.3, -0.25) is 10.1 Å². The summed E-state index contributed by atoms with van der Waals surface area (Å²) < 4.78 is 13.0. The van der Waals surface area contributed by atoms with Gasteiger partial charge in [0.15, 0.2) is 10.9 Å². The lowest BCUT2D eigenvalue weighted by Crippen LogP contribution is -2.25. The summed E-state index contributed by atoms with van der Waals surface area (Å²) in [5.74, 6) is 0.772. The number of nitrogens with one attached hydrogen (secondary N) is 2. The van der Waals surface area contributed by atoms with Gasteiger partial charge in [-0.05, 0) is 24.6 Å². The Morgan fingerprint density at radius 3 is 2.93 bits per heavy atom. The Hall–Kier alpha value is -3.40. The van der Waals surface area contributed by atoms with Crippen LogP contribution < -0.4 is 10.2 Å². The monoisotopic (exact) mass is 408 g/mol. The summed E-state index contributed by atoms with van der Waals surface area (Å²) in [5.41, 5.74) is 4.05. The van der Waals surface area contributed by atoms with Crippen molar-refractivity contribution in [3.8, 4) is 11.3 Å². The van der Waals surface area contributed by atoms with E-state index >= 15 is 0 Å². The van der Waals surface area contributed by atoms with Crippen LogP contribution in [0.15, 0.2) is 36.9 Å². The molecule has 0 bridgehead atoms. The molecule has 0 radical (unpaired) electrons. The number of thiazole rings is 1. The minimum absolute atomic E-state index is 0.315. The van der Waals surface area contributed by atoms with Crippen molar-refractivity contribution in [2.24, 2.45) is 0 Å². The van der Waals surface area contributed by atoms with Crippen LogP contribution in [0.25, 0.3) is 11.3 Å². The van der Waals surface area contributed by atoms with Crippen molar-refractivity contribution in [1.29, 1.82) is 0 Å². The van der Waals surface area contributed by atoms with Gasteiger partial charge in [-0.25, -0.2) is 19.3 Å². The summed E-state index contributed by atoms with van der Waals surface area (Å²) in [6.07, 6.45) is 6.73. The third-order valence-corrected chi connectivity index (χ3v) is 5.69. The Labute approximate surface area is 169 Å². The van der Waals surface area contributed by atoms with E-state index in [2.05, 4.69) is 48.4 Å². The smallest absolute Gasteiger partial charge is 0.229 e. The third-order valence-electron chi connectivity index (χ3n) is 4.66. The van der Waals surface area contributed by atoms with Gasteiger partial charge < -0.3 is 10.2 Å². The molecule has 5 heterocycles. The molecule has 1 aliphatic heterocycles. The summed E-state index contributed by atoms with van der Waals surface area (Å²) in [4.78, 5) is 20.5. The Morgan fingerprint density at radius 1 is 1.24 bits per heavy atom. The molecule has 146 valence electrons. The fourth-order valence-corrected chi connectivity index (χ4v) is 4.30. The van der Waals surface area contributed by atoms with Crippen LogP contribution in [0, 0.1) is 12.7 Å². The molecule has 8 nitrogen and oxygen atoms in total. The van der Waals surface area contributed by atoms with E-state index in [1.807, 2.05) is 12.3 Å². The maximum atomic E-state index is 13.0. The second kappa shape index (κ2) is 7.21. The number of pyridine rings is 1. The van der Waals surface area contributed by atoms with Crippen molar-refractivity contribution in [2.45, 2.75) is 19.9 Å². The Morgan fingerprint density at radius 2 is 2.10 bits per heavy atom. The van der Waals surface area contributed by atoms with Gasteiger partial charge in [0.25, 0.3) is 0 Å². The molecular weight excluding hydrogens is 391 g/mol. The molecule has 0 saturated heterocycles. The zero-order valence-corrected chi connectivity index (χ0v) is 16.4. The van der Waals surface area contributed by atoms with Gasteiger partial charge in [-0.2, -0.15) is 5.10 Å². The highest BCUT2D eigenvalue weighted by atomic mass is 32.1. The van der Waals surface area contributed by atoms with E-state index in [1.165, 1.54) is 5.56 Å². The predicted molar refractivity (Wildman–Crippen MR) is 109 cm³/mol. The Kier molecular flexibility index (Phi) is 4.39. The fourth-order valence-electron chi connectivity index (χ4n) is 3.34. The summed E-state index contributed by atoms with van der Waals surface area (Å²) >= 11 is 1.55. The van der Waals surface area contributed by atoms with E-state index in [4.69, 9.17) is 4.98 Å². The number of anilines is 3. The lowest BCUT2D eigenvalue weighted by molar-refractivity contribution is 0.614. The third kappa shape index (κ3) is 3.54. The quantitative estimate of drug-likeness (QED) is 0.534.